The number of hydrogen-bond acceptors (Lipinski definition) is 2. The predicted molar refractivity (Wildman–Crippen MR) is 45.6 cm³/mol. The fourth-order valence-corrected chi connectivity index (χ4v) is 1.88. The Morgan fingerprint density at radius 1 is 1.64 bits per heavy atom. The molecule has 0 spiro atoms. The predicted octanol–water partition coefficient (Wildman–Crippen LogP) is 0.933. The zero-order valence-electron chi connectivity index (χ0n) is 7.64. The molecule has 1 heterocycles. The van der Waals surface area contributed by atoms with E-state index in [0.29, 0.717) is 0 Å². The molecule has 1 aliphatic rings. The van der Waals surface area contributed by atoms with Gasteiger partial charge in [0, 0.05) is 13.3 Å². The maximum atomic E-state index is 11.4. The highest BCUT2D eigenvalue weighted by Crippen LogP contribution is 2.31. The normalized spacial score (nSPS) is 29.6. The largest absolute Gasteiger partial charge is 0.623 e. The van der Waals surface area contributed by atoms with Gasteiger partial charge in [0.15, 0.2) is 5.71 Å². The van der Waals surface area contributed by atoms with Crippen molar-refractivity contribution in [2.24, 2.45) is 5.41 Å². The van der Waals surface area contributed by atoms with Gasteiger partial charge >= 0.3 is 0 Å². The molecule has 11 heavy (non-hydrogen) atoms. The van der Waals surface area contributed by atoms with E-state index in [1.165, 1.54) is 0 Å². The van der Waals surface area contributed by atoms with Gasteiger partial charge in [0.05, 0.1) is 5.41 Å². The van der Waals surface area contributed by atoms with Crippen molar-refractivity contribution in [1.29, 1.82) is 0 Å². The van der Waals surface area contributed by atoms with Crippen LogP contribution in [0.3, 0.4) is 0 Å². The summed E-state index contributed by atoms with van der Waals surface area (Å²) in [5, 5.41) is 14.4. The van der Waals surface area contributed by atoms with E-state index >= 15 is 0 Å². The third-order valence-electron chi connectivity index (χ3n) is 2.34. The zero-order valence-corrected chi connectivity index (χ0v) is 7.64. The molecule has 1 aliphatic heterocycles. The van der Waals surface area contributed by atoms with Crippen molar-refractivity contribution in [3.63, 3.8) is 0 Å². The summed E-state index contributed by atoms with van der Waals surface area (Å²) in [6.45, 7) is 6.11. The molecule has 0 fully saturated rings. The van der Waals surface area contributed by atoms with Crippen LogP contribution in [0.15, 0.2) is 0 Å². The highest BCUT2D eigenvalue weighted by Gasteiger charge is 2.42. The lowest BCUT2D eigenvalue weighted by molar-refractivity contribution is -0.513. The molecular weight excluding hydrogens is 140 g/mol. The topological polar surface area (TPSA) is 38.1 Å². The van der Waals surface area contributed by atoms with Gasteiger partial charge in [-0.15, -0.1) is 0 Å². The molecule has 1 unspecified atom stereocenters. The molecule has 0 saturated heterocycles. The third-order valence-corrected chi connectivity index (χ3v) is 2.34. The van der Waals surface area contributed by atoms with E-state index in [2.05, 4.69) is 19.2 Å². The summed E-state index contributed by atoms with van der Waals surface area (Å²) in [5.41, 5.74) is 0.995. The summed E-state index contributed by atoms with van der Waals surface area (Å²) in [5.74, 6) is 0. The lowest BCUT2D eigenvalue weighted by atomic mass is 9.87. The van der Waals surface area contributed by atoms with Crippen LogP contribution in [0, 0.1) is 10.6 Å². The Hall–Kier alpha value is -0.570. The molecule has 64 valence electrons. The van der Waals surface area contributed by atoms with Gasteiger partial charge in [-0.05, 0) is 7.05 Å². The lowest BCUT2D eigenvalue weighted by Crippen LogP contribution is -2.42. The molecule has 0 aromatic heterocycles. The van der Waals surface area contributed by atoms with Crippen molar-refractivity contribution in [1.82, 2.24) is 5.32 Å². The first kappa shape index (κ1) is 8.53. The molecule has 0 aromatic rings. The molecular formula is C8H16N2O. The van der Waals surface area contributed by atoms with Gasteiger partial charge in [0.2, 0.25) is 6.17 Å². The zero-order chi connectivity index (χ0) is 8.65. The summed E-state index contributed by atoms with van der Waals surface area (Å²) in [7, 11) is 1.83. The SMILES string of the molecule is CNC1[N+]([O-])=C(C)CC1(C)C. The van der Waals surface area contributed by atoms with Crippen LogP contribution >= 0.6 is 0 Å². The van der Waals surface area contributed by atoms with E-state index in [1.54, 1.807) is 0 Å². The van der Waals surface area contributed by atoms with Crippen LogP contribution in [-0.2, 0) is 0 Å². The van der Waals surface area contributed by atoms with Gasteiger partial charge in [-0.1, -0.05) is 13.8 Å². The van der Waals surface area contributed by atoms with E-state index in [0.717, 1.165) is 16.9 Å². The van der Waals surface area contributed by atoms with E-state index in [9.17, 15) is 5.21 Å². The fourth-order valence-electron chi connectivity index (χ4n) is 1.88. The second kappa shape index (κ2) is 2.48. The van der Waals surface area contributed by atoms with Crippen LogP contribution in [0.2, 0.25) is 0 Å². The van der Waals surface area contributed by atoms with Crippen LogP contribution in [-0.4, -0.2) is 23.7 Å². The van der Waals surface area contributed by atoms with Gasteiger partial charge in [0.1, 0.15) is 0 Å². The van der Waals surface area contributed by atoms with Gasteiger partial charge in [-0.2, -0.15) is 4.74 Å². The second-order valence-corrected chi connectivity index (χ2v) is 3.92. The Morgan fingerprint density at radius 3 is 2.36 bits per heavy atom. The molecule has 1 rings (SSSR count). The molecule has 0 aromatic carbocycles. The number of nitrogens with zero attached hydrogens (tertiary/aromatic N) is 1. The number of hydrogen-bond donors (Lipinski definition) is 1. The molecule has 0 radical (unpaired) electrons. The number of hydroxylamine groups is 1. The maximum Gasteiger partial charge on any atom is 0.222 e. The molecule has 3 nitrogen and oxygen atoms in total. The molecule has 0 amide bonds. The average molecular weight is 156 g/mol. The number of rotatable bonds is 1. The standard InChI is InChI=1S/C8H16N2O/c1-6-5-8(2,3)7(9-4)10(6)11/h7,9H,5H2,1-4H3. The van der Waals surface area contributed by atoms with Crippen molar-refractivity contribution in [2.75, 3.05) is 7.05 Å². The van der Waals surface area contributed by atoms with E-state index in [-0.39, 0.29) is 11.6 Å². The highest BCUT2D eigenvalue weighted by molar-refractivity contribution is 5.79. The van der Waals surface area contributed by atoms with Crippen molar-refractivity contribution in [3.8, 4) is 0 Å². The van der Waals surface area contributed by atoms with Gasteiger partial charge < -0.3 is 5.21 Å². The first-order valence-electron chi connectivity index (χ1n) is 3.95. The van der Waals surface area contributed by atoms with Crippen LogP contribution in [0.1, 0.15) is 27.2 Å². The Labute approximate surface area is 67.7 Å². The third kappa shape index (κ3) is 1.25. The summed E-state index contributed by atoms with van der Waals surface area (Å²) >= 11 is 0. The van der Waals surface area contributed by atoms with Crippen molar-refractivity contribution in [2.45, 2.75) is 33.4 Å². The molecule has 0 bridgehead atoms. The van der Waals surface area contributed by atoms with Crippen molar-refractivity contribution in [3.05, 3.63) is 5.21 Å². The minimum atomic E-state index is -0.0532. The van der Waals surface area contributed by atoms with Gasteiger partial charge in [-0.25, -0.2) is 0 Å². The quantitative estimate of drug-likeness (QED) is 0.453. The van der Waals surface area contributed by atoms with Crippen molar-refractivity contribution < 1.29 is 4.74 Å². The smallest absolute Gasteiger partial charge is 0.222 e. The first-order valence-corrected chi connectivity index (χ1v) is 3.95. The molecule has 0 saturated carbocycles. The Kier molecular flexibility index (Phi) is 1.92. The Balaban J connectivity index is 2.87. The first-order chi connectivity index (χ1) is 4.99. The van der Waals surface area contributed by atoms with Crippen LogP contribution in [0.25, 0.3) is 0 Å². The lowest BCUT2D eigenvalue weighted by Gasteiger charge is -2.23. The molecule has 0 aliphatic carbocycles. The monoisotopic (exact) mass is 156 g/mol. The van der Waals surface area contributed by atoms with Gasteiger partial charge in [-0.3, -0.25) is 5.32 Å². The van der Waals surface area contributed by atoms with Crippen LogP contribution in [0.4, 0.5) is 0 Å². The highest BCUT2D eigenvalue weighted by atomic mass is 16.5. The summed E-state index contributed by atoms with van der Waals surface area (Å²) in [4.78, 5) is 0. The minimum absolute atomic E-state index is 0.0532. The molecule has 3 heteroatoms. The van der Waals surface area contributed by atoms with Crippen LogP contribution in [0.5, 0.6) is 0 Å². The van der Waals surface area contributed by atoms with E-state index < -0.39 is 0 Å². The Morgan fingerprint density at radius 2 is 2.18 bits per heavy atom. The van der Waals surface area contributed by atoms with Crippen LogP contribution < -0.4 is 5.32 Å². The number of nitrogens with one attached hydrogen (secondary N) is 1. The fraction of sp³-hybridized carbons (Fsp3) is 0.875. The maximum absolute atomic E-state index is 11.4. The van der Waals surface area contributed by atoms with Gasteiger partial charge in [0.25, 0.3) is 0 Å². The Bertz CT molecular complexity index is 196. The average Bonchev–Trinajstić information content (AvgIpc) is 2.03. The molecule has 1 N–H and O–H groups in total. The van der Waals surface area contributed by atoms with E-state index in [1.807, 2.05) is 14.0 Å². The van der Waals surface area contributed by atoms with E-state index in [4.69, 9.17) is 0 Å². The summed E-state index contributed by atoms with van der Waals surface area (Å²) < 4.78 is 1.08. The summed E-state index contributed by atoms with van der Waals surface area (Å²) in [6.07, 6.45) is 0.838. The second-order valence-electron chi connectivity index (χ2n) is 3.92. The van der Waals surface area contributed by atoms with Crippen molar-refractivity contribution >= 4 is 5.71 Å². The minimum Gasteiger partial charge on any atom is -0.623 e. The molecule has 1 atom stereocenters. The summed E-state index contributed by atoms with van der Waals surface area (Å²) in [6, 6.07) is 0.